The first-order valence-electron chi connectivity index (χ1n) is 13.2. The molecule has 0 bridgehead atoms. The topological polar surface area (TPSA) is 86.8 Å². The average molecular weight is 605 g/mol. The molecular weight excluding hydrogens is 569 g/mol. The third-order valence-corrected chi connectivity index (χ3v) is 9.18. The quantitative estimate of drug-likeness (QED) is 0.235. The van der Waals surface area contributed by atoms with Crippen molar-refractivity contribution >= 4 is 50.7 Å². The molecule has 214 valence electrons. The minimum atomic E-state index is -4.17. The Hall–Kier alpha value is -3.07. The molecule has 3 aromatic carbocycles. The Balaban J connectivity index is 2.08. The second-order valence-electron chi connectivity index (χ2n) is 9.39. The van der Waals surface area contributed by atoms with Crippen molar-refractivity contribution < 1.29 is 18.0 Å². The number of amides is 2. The summed E-state index contributed by atoms with van der Waals surface area (Å²) in [7, 11) is -4.17. The highest BCUT2D eigenvalue weighted by Gasteiger charge is 2.34. The Morgan fingerprint density at radius 3 is 2.20 bits per heavy atom. The Labute approximate surface area is 247 Å². The van der Waals surface area contributed by atoms with Crippen LogP contribution in [0, 0.1) is 6.92 Å². The number of hydrogen-bond donors (Lipinski definition) is 1. The lowest BCUT2D eigenvalue weighted by Crippen LogP contribution is -2.52. The van der Waals surface area contributed by atoms with Crippen LogP contribution in [0.1, 0.15) is 44.2 Å². The number of carbonyl (C=O) groups excluding carboxylic acids is 2. The Morgan fingerprint density at radius 2 is 1.55 bits per heavy atom. The second kappa shape index (κ2) is 14.5. The van der Waals surface area contributed by atoms with Crippen LogP contribution in [-0.2, 0) is 26.2 Å². The van der Waals surface area contributed by atoms with Gasteiger partial charge in [0.1, 0.15) is 12.6 Å². The number of sulfonamides is 1. The van der Waals surface area contributed by atoms with Crippen LogP contribution in [0.15, 0.2) is 77.7 Å². The summed E-state index contributed by atoms with van der Waals surface area (Å²) in [4.78, 5) is 28.8. The van der Waals surface area contributed by atoms with Gasteiger partial charge in [-0.15, -0.1) is 0 Å². The van der Waals surface area contributed by atoms with Crippen LogP contribution in [0.3, 0.4) is 0 Å². The average Bonchev–Trinajstić information content (AvgIpc) is 2.94. The van der Waals surface area contributed by atoms with Gasteiger partial charge in [0.25, 0.3) is 10.0 Å². The molecule has 2 amide bonds. The zero-order chi connectivity index (χ0) is 29.3. The minimum Gasteiger partial charge on any atom is -0.354 e. The molecule has 0 heterocycles. The maximum Gasteiger partial charge on any atom is 0.264 e. The van der Waals surface area contributed by atoms with Crippen LogP contribution in [0.25, 0.3) is 0 Å². The van der Waals surface area contributed by atoms with Gasteiger partial charge in [-0.25, -0.2) is 8.42 Å². The van der Waals surface area contributed by atoms with E-state index in [1.807, 2.05) is 13.8 Å². The summed E-state index contributed by atoms with van der Waals surface area (Å²) in [5, 5.41) is 3.73. The molecule has 0 aliphatic carbocycles. The number of rotatable bonds is 13. The fraction of sp³-hybridized carbons (Fsp3) is 0.333. The lowest BCUT2D eigenvalue weighted by molar-refractivity contribution is -0.140. The number of anilines is 1. The fourth-order valence-electron chi connectivity index (χ4n) is 4.34. The van der Waals surface area contributed by atoms with Crippen LogP contribution in [-0.4, -0.2) is 44.3 Å². The van der Waals surface area contributed by atoms with E-state index in [4.69, 9.17) is 23.2 Å². The number of hydrogen-bond acceptors (Lipinski definition) is 4. The van der Waals surface area contributed by atoms with Crippen molar-refractivity contribution in [2.45, 2.75) is 57.5 Å². The molecule has 1 N–H and O–H groups in total. The van der Waals surface area contributed by atoms with Crippen molar-refractivity contribution in [3.05, 3.63) is 94.0 Å². The van der Waals surface area contributed by atoms with E-state index in [-0.39, 0.29) is 23.0 Å². The lowest BCUT2D eigenvalue weighted by atomic mass is 10.1. The zero-order valence-corrected chi connectivity index (χ0v) is 25.3. The van der Waals surface area contributed by atoms with E-state index in [1.54, 1.807) is 67.6 Å². The van der Waals surface area contributed by atoms with Crippen LogP contribution < -0.4 is 9.62 Å². The standard InChI is InChI=1S/C30H35Cl2N3O4S/c1-4-6-19-33-30(37)27(5-2)34(20-23-13-10-11-16-26(23)32)29(36)21-35(28-18-12-17-25(31)22(28)3)40(38,39)24-14-8-7-9-15-24/h7-18,27H,4-6,19-21H2,1-3H3,(H,33,37). The Morgan fingerprint density at radius 1 is 0.900 bits per heavy atom. The van der Waals surface area contributed by atoms with Gasteiger partial charge in [-0.2, -0.15) is 0 Å². The van der Waals surface area contributed by atoms with Crippen LogP contribution in [0.2, 0.25) is 10.0 Å². The number of nitrogens with one attached hydrogen (secondary N) is 1. The molecule has 10 heteroatoms. The maximum absolute atomic E-state index is 14.1. The van der Waals surface area contributed by atoms with Gasteiger partial charge in [0.15, 0.2) is 0 Å². The van der Waals surface area contributed by atoms with E-state index in [9.17, 15) is 18.0 Å². The second-order valence-corrected chi connectivity index (χ2v) is 12.1. The SMILES string of the molecule is CCCCNC(=O)C(CC)N(Cc1ccccc1Cl)C(=O)CN(c1cccc(Cl)c1C)S(=O)(=O)c1ccccc1. The van der Waals surface area contributed by atoms with E-state index in [1.165, 1.54) is 17.0 Å². The molecule has 40 heavy (non-hydrogen) atoms. The third kappa shape index (κ3) is 7.56. The van der Waals surface area contributed by atoms with Gasteiger partial charge in [0.05, 0.1) is 10.6 Å². The van der Waals surface area contributed by atoms with Gasteiger partial charge >= 0.3 is 0 Å². The molecule has 0 aromatic heterocycles. The highest BCUT2D eigenvalue weighted by Crippen LogP contribution is 2.31. The predicted octanol–water partition coefficient (Wildman–Crippen LogP) is 6.22. The summed E-state index contributed by atoms with van der Waals surface area (Å²) in [6.45, 7) is 5.52. The van der Waals surface area contributed by atoms with Crippen molar-refractivity contribution in [3.63, 3.8) is 0 Å². The first kappa shape index (κ1) is 31.5. The van der Waals surface area contributed by atoms with Gasteiger partial charge < -0.3 is 10.2 Å². The molecule has 3 rings (SSSR count). The number of unbranched alkanes of at least 4 members (excludes halogenated alkanes) is 1. The normalized spacial score (nSPS) is 12.0. The maximum atomic E-state index is 14.1. The minimum absolute atomic E-state index is 0.0316. The smallest absolute Gasteiger partial charge is 0.264 e. The summed E-state index contributed by atoms with van der Waals surface area (Å²) in [5.74, 6) is -0.843. The Bertz CT molecular complexity index is 1420. The molecule has 0 aliphatic heterocycles. The van der Waals surface area contributed by atoms with Crippen LogP contribution in [0.4, 0.5) is 5.69 Å². The summed E-state index contributed by atoms with van der Waals surface area (Å²) < 4.78 is 28.9. The molecular formula is C30H35Cl2N3O4S. The summed E-state index contributed by atoms with van der Waals surface area (Å²) in [5.41, 5.74) is 1.44. The van der Waals surface area contributed by atoms with Crippen molar-refractivity contribution in [3.8, 4) is 0 Å². The summed E-state index contributed by atoms with van der Waals surface area (Å²) in [6.07, 6.45) is 2.04. The van der Waals surface area contributed by atoms with Crippen LogP contribution in [0.5, 0.6) is 0 Å². The first-order chi connectivity index (χ1) is 19.1. The summed E-state index contributed by atoms with van der Waals surface area (Å²) in [6, 6.07) is 19.1. The predicted molar refractivity (Wildman–Crippen MR) is 161 cm³/mol. The number of benzene rings is 3. The molecule has 0 aliphatic rings. The third-order valence-electron chi connectivity index (χ3n) is 6.63. The van der Waals surface area contributed by atoms with Crippen molar-refractivity contribution in [1.82, 2.24) is 10.2 Å². The highest BCUT2D eigenvalue weighted by atomic mass is 35.5. The largest absolute Gasteiger partial charge is 0.354 e. The zero-order valence-electron chi connectivity index (χ0n) is 22.9. The van der Waals surface area contributed by atoms with Gasteiger partial charge in [0.2, 0.25) is 11.8 Å². The molecule has 0 spiro atoms. The lowest BCUT2D eigenvalue weighted by Gasteiger charge is -2.33. The molecule has 0 fully saturated rings. The van der Waals surface area contributed by atoms with E-state index >= 15 is 0 Å². The number of halogens is 2. The van der Waals surface area contributed by atoms with Crippen molar-refractivity contribution in [2.24, 2.45) is 0 Å². The monoisotopic (exact) mass is 603 g/mol. The van der Waals surface area contributed by atoms with Crippen LogP contribution >= 0.6 is 23.2 Å². The van der Waals surface area contributed by atoms with E-state index in [2.05, 4.69) is 5.32 Å². The van der Waals surface area contributed by atoms with Gasteiger partial charge in [-0.3, -0.25) is 13.9 Å². The Kier molecular flexibility index (Phi) is 11.4. The molecule has 1 atom stereocenters. The molecule has 3 aromatic rings. The van der Waals surface area contributed by atoms with Gasteiger partial charge in [-0.05, 0) is 61.2 Å². The van der Waals surface area contributed by atoms with E-state index < -0.39 is 28.5 Å². The van der Waals surface area contributed by atoms with E-state index in [0.717, 1.165) is 17.1 Å². The summed E-state index contributed by atoms with van der Waals surface area (Å²) >= 11 is 12.8. The van der Waals surface area contributed by atoms with Crippen molar-refractivity contribution in [2.75, 3.05) is 17.4 Å². The van der Waals surface area contributed by atoms with E-state index in [0.29, 0.717) is 34.1 Å². The van der Waals surface area contributed by atoms with Crippen molar-refractivity contribution in [1.29, 1.82) is 0 Å². The molecule has 7 nitrogen and oxygen atoms in total. The van der Waals surface area contributed by atoms with Gasteiger partial charge in [-0.1, -0.05) is 85.9 Å². The molecule has 0 saturated carbocycles. The fourth-order valence-corrected chi connectivity index (χ4v) is 6.19. The number of nitrogens with zero attached hydrogens (tertiary/aromatic N) is 2. The molecule has 0 radical (unpaired) electrons. The van der Waals surface area contributed by atoms with Gasteiger partial charge in [0, 0.05) is 23.1 Å². The molecule has 1 unspecified atom stereocenters. The first-order valence-corrected chi connectivity index (χ1v) is 15.4. The number of carbonyl (C=O) groups is 2. The molecule has 0 saturated heterocycles. The highest BCUT2D eigenvalue weighted by molar-refractivity contribution is 7.92.